The van der Waals surface area contributed by atoms with Gasteiger partial charge in [0.25, 0.3) is 0 Å². The van der Waals surface area contributed by atoms with Crippen LogP contribution in [0.5, 0.6) is 0 Å². The van der Waals surface area contributed by atoms with E-state index in [-0.39, 0.29) is 5.97 Å². The summed E-state index contributed by atoms with van der Waals surface area (Å²) in [4.78, 5) is 16.0. The van der Waals surface area contributed by atoms with Gasteiger partial charge in [-0.05, 0) is 33.7 Å². The maximum absolute atomic E-state index is 11.9. The van der Waals surface area contributed by atoms with Crippen LogP contribution in [0.4, 0.5) is 0 Å². The van der Waals surface area contributed by atoms with Gasteiger partial charge in [-0.15, -0.1) is 0 Å². The van der Waals surface area contributed by atoms with E-state index in [2.05, 4.69) is 15.4 Å². The van der Waals surface area contributed by atoms with Crippen molar-refractivity contribution in [2.75, 3.05) is 19.4 Å². The first-order valence-corrected chi connectivity index (χ1v) is 7.35. The minimum atomic E-state index is -0.615. The molecule has 0 aliphatic carbocycles. The maximum atomic E-state index is 11.9. The van der Waals surface area contributed by atoms with E-state index in [1.165, 1.54) is 0 Å². The van der Waals surface area contributed by atoms with Crippen LogP contribution >= 0.6 is 11.8 Å². The van der Waals surface area contributed by atoms with Crippen LogP contribution in [0.2, 0.25) is 0 Å². The van der Waals surface area contributed by atoms with Crippen molar-refractivity contribution < 1.29 is 9.53 Å². The van der Waals surface area contributed by atoms with Crippen molar-refractivity contribution in [1.82, 2.24) is 20.1 Å². The standard InChI is InChI=1S/C12H22N4O2S/c1-5-18-10(17)12(2,13-3)7-6-8-19-11-14-9-15-16(11)4/h9,13H,5-8H2,1-4H3. The fourth-order valence-corrected chi connectivity index (χ4v) is 2.45. The quantitative estimate of drug-likeness (QED) is 0.440. The van der Waals surface area contributed by atoms with Gasteiger partial charge < -0.3 is 10.1 Å². The van der Waals surface area contributed by atoms with E-state index in [0.717, 1.165) is 23.8 Å². The van der Waals surface area contributed by atoms with Crippen LogP contribution in [0.15, 0.2) is 11.5 Å². The highest BCUT2D eigenvalue weighted by atomic mass is 32.2. The number of thioether (sulfide) groups is 1. The summed E-state index contributed by atoms with van der Waals surface area (Å²) in [5, 5.41) is 7.95. The molecule has 0 aromatic carbocycles. The van der Waals surface area contributed by atoms with Gasteiger partial charge in [0.1, 0.15) is 11.9 Å². The zero-order valence-electron chi connectivity index (χ0n) is 12.0. The second-order valence-electron chi connectivity index (χ2n) is 4.42. The normalized spacial score (nSPS) is 14.1. The van der Waals surface area contributed by atoms with Crippen LogP contribution in [0.25, 0.3) is 0 Å². The molecular formula is C12H22N4O2S. The molecule has 19 heavy (non-hydrogen) atoms. The van der Waals surface area contributed by atoms with Gasteiger partial charge in [0.2, 0.25) is 0 Å². The molecule has 6 nitrogen and oxygen atoms in total. The lowest BCUT2D eigenvalue weighted by Gasteiger charge is -2.26. The van der Waals surface area contributed by atoms with Crippen LogP contribution < -0.4 is 5.32 Å². The second kappa shape index (κ2) is 7.49. The predicted molar refractivity (Wildman–Crippen MR) is 75.1 cm³/mol. The molecule has 1 N–H and O–H groups in total. The molecule has 1 rings (SSSR count). The van der Waals surface area contributed by atoms with Crippen molar-refractivity contribution in [2.24, 2.45) is 7.05 Å². The molecule has 1 unspecified atom stereocenters. The number of hydrogen-bond acceptors (Lipinski definition) is 6. The van der Waals surface area contributed by atoms with E-state index in [4.69, 9.17) is 4.74 Å². The highest BCUT2D eigenvalue weighted by molar-refractivity contribution is 7.99. The number of esters is 1. The molecule has 108 valence electrons. The monoisotopic (exact) mass is 286 g/mol. The third-order valence-electron chi connectivity index (χ3n) is 3.00. The molecule has 1 aromatic rings. The third kappa shape index (κ3) is 4.50. The summed E-state index contributed by atoms with van der Waals surface area (Å²) in [5.74, 6) is 0.699. The van der Waals surface area contributed by atoms with Gasteiger partial charge in [0.05, 0.1) is 6.61 Å². The van der Waals surface area contributed by atoms with Gasteiger partial charge in [0, 0.05) is 12.8 Å². The van der Waals surface area contributed by atoms with E-state index in [1.54, 1.807) is 29.8 Å². The Hall–Kier alpha value is -1.08. The molecule has 0 fully saturated rings. The van der Waals surface area contributed by atoms with E-state index in [9.17, 15) is 4.79 Å². The number of aromatic nitrogens is 3. The average Bonchev–Trinajstić information content (AvgIpc) is 2.80. The first kappa shape index (κ1) is 16.0. The molecule has 0 bridgehead atoms. The van der Waals surface area contributed by atoms with Crippen LogP contribution in [0.1, 0.15) is 26.7 Å². The second-order valence-corrected chi connectivity index (χ2v) is 5.48. The van der Waals surface area contributed by atoms with Gasteiger partial charge in [-0.1, -0.05) is 11.8 Å². The molecule has 0 radical (unpaired) electrons. The molecule has 0 saturated carbocycles. The predicted octanol–water partition coefficient (Wildman–Crippen LogP) is 1.23. The topological polar surface area (TPSA) is 69.0 Å². The molecule has 1 heterocycles. The van der Waals surface area contributed by atoms with Gasteiger partial charge in [-0.2, -0.15) is 5.10 Å². The first-order chi connectivity index (χ1) is 9.03. The van der Waals surface area contributed by atoms with Crippen molar-refractivity contribution in [1.29, 1.82) is 0 Å². The third-order valence-corrected chi connectivity index (χ3v) is 4.12. The molecule has 0 spiro atoms. The number of aryl methyl sites for hydroxylation is 1. The Morgan fingerprint density at radius 1 is 1.63 bits per heavy atom. The lowest BCUT2D eigenvalue weighted by molar-refractivity contribution is -0.150. The molecule has 0 amide bonds. The Morgan fingerprint density at radius 2 is 2.37 bits per heavy atom. The minimum Gasteiger partial charge on any atom is -0.465 e. The summed E-state index contributed by atoms with van der Waals surface area (Å²) in [6.45, 7) is 4.10. The van der Waals surface area contributed by atoms with E-state index < -0.39 is 5.54 Å². The SMILES string of the molecule is CCOC(=O)C(C)(CCCSc1ncnn1C)NC. The Balaban J connectivity index is 2.37. The number of nitrogens with one attached hydrogen (secondary N) is 1. The van der Waals surface area contributed by atoms with Crippen molar-refractivity contribution in [3.05, 3.63) is 6.33 Å². The summed E-state index contributed by atoms with van der Waals surface area (Å²) < 4.78 is 6.83. The summed E-state index contributed by atoms with van der Waals surface area (Å²) in [6.07, 6.45) is 3.17. The van der Waals surface area contributed by atoms with Crippen molar-refractivity contribution in [3.8, 4) is 0 Å². The molecule has 0 aliphatic rings. The van der Waals surface area contributed by atoms with Crippen LogP contribution in [-0.4, -0.2) is 45.7 Å². The zero-order valence-corrected chi connectivity index (χ0v) is 12.8. The largest absolute Gasteiger partial charge is 0.465 e. The van der Waals surface area contributed by atoms with E-state index in [0.29, 0.717) is 6.61 Å². The van der Waals surface area contributed by atoms with Crippen LogP contribution in [0.3, 0.4) is 0 Å². The Bertz CT molecular complexity index is 410. The molecule has 0 aliphatic heterocycles. The summed E-state index contributed by atoms with van der Waals surface area (Å²) in [6, 6.07) is 0. The molecule has 0 saturated heterocycles. The zero-order chi connectivity index (χ0) is 14.3. The number of likely N-dealkylation sites (N-methyl/N-ethyl adjacent to an activating group) is 1. The number of nitrogens with zero attached hydrogens (tertiary/aromatic N) is 3. The van der Waals surface area contributed by atoms with Gasteiger partial charge >= 0.3 is 5.97 Å². The number of carbonyl (C=O) groups is 1. The average molecular weight is 286 g/mol. The summed E-state index contributed by atoms with van der Waals surface area (Å²) in [7, 11) is 3.65. The Labute approximate surface area is 118 Å². The van der Waals surface area contributed by atoms with E-state index in [1.807, 2.05) is 20.9 Å². The number of ether oxygens (including phenoxy) is 1. The van der Waals surface area contributed by atoms with Gasteiger partial charge in [0.15, 0.2) is 5.16 Å². The molecule has 1 atom stereocenters. The highest BCUT2D eigenvalue weighted by Gasteiger charge is 2.32. The van der Waals surface area contributed by atoms with Gasteiger partial charge in [-0.25, -0.2) is 9.67 Å². The Morgan fingerprint density at radius 3 is 2.89 bits per heavy atom. The molecule has 1 aromatic heterocycles. The Kier molecular flexibility index (Phi) is 6.30. The fourth-order valence-electron chi connectivity index (χ4n) is 1.62. The summed E-state index contributed by atoms with van der Waals surface area (Å²) in [5.41, 5.74) is -0.615. The number of hydrogen-bond donors (Lipinski definition) is 1. The number of carbonyl (C=O) groups excluding carboxylic acids is 1. The summed E-state index contributed by atoms with van der Waals surface area (Å²) >= 11 is 1.64. The van der Waals surface area contributed by atoms with Gasteiger partial charge in [-0.3, -0.25) is 4.79 Å². The first-order valence-electron chi connectivity index (χ1n) is 6.36. The van der Waals surface area contributed by atoms with Crippen molar-refractivity contribution >= 4 is 17.7 Å². The smallest absolute Gasteiger partial charge is 0.326 e. The van der Waals surface area contributed by atoms with E-state index >= 15 is 0 Å². The molecule has 7 heteroatoms. The van der Waals surface area contributed by atoms with Crippen LogP contribution in [0, 0.1) is 0 Å². The van der Waals surface area contributed by atoms with Crippen molar-refractivity contribution in [2.45, 2.75) is 37.4 Å². The lowest BCUT2D eigenvalue weighted by atomic mass is 9.97. The highest BCUT2D eigenvalue weighted by Crippen LogP contribution is 2.19. The van der Waals surface area contributed by atoms with Crippen molar-refractivity contribution in [3.63, 3.8) is 0 Å². The number of rotatable bonds is 8. The maximum Gasteiger partial charge on any atom is 0.326 e. The fraction of sp³-hybridized carbons (Fsp3) is 0.750. The molecular weight excluding hydrogens is 264 g/mol. The lowest BCUT2D eigenvalue weighted by Crippen LogP contribution is -2.48. The van der Waals surface area contributed by atoms with Crippen LogP contribution in [-0.2, 0) is 16.6 Å². The minimum absolute atomic E-state index is 0.193.